The summed E-state index contributed by atoms with van der Waals surface area (Å²) in [5.74, 6) is 1.06. The highest BCUT2D eigenvalue weighted by Crippen LogP contribution is 2.31. The van der Waals surface area contributed by atoms with Crippen LogP contribution in [0.3, 0.4) is 0 Å². The van der Waals surface area contributed by atoms with Crippen LogP contribution in [-0.4, -0.2) is 55.4 Å². The van der Waals surface area contributed by atoms with Crippen LogP contribution in [-0.2, 0) is 0 Å². The molecule has 0 bridgehead atoms. The summed E-state index contributed by atoms with van der Waals surface area (Å²) in [5.41, 5.74) is 5.87. The van der Waals surface area contributed by atoms with E-state index < -0.39 is 0 Å². The van der Waals surface area contributed by atoms with Gasteiger partial charge < -0.3 is 25.2 Å². The van der Waals surface area contributed by atoms with E-state index in [2.05, 4.69) is 13.8 Å². The molecule has 2 rings (SSSR count). The first-order valence-corrected chi connectivity index (χ1v) is 8.84. The zero-order valence-electron chi connectivity index (χ0n) is 15.5. The number of nitrogens with zero attached hydrogens (tertiary/aromatic N) is 1. The van der Waals surface area contributed by atoms with Crippen molar-refractivity contribution in [2.24, 2.45) is 11.1 Å². The minimum Gasteiger partial charge on any atom is -0.497 e. The van der Waals surface area contributed by atoms with Gasteiger partial charge in [-0.25, -0.2) is 0 Å². The van der Waals surface area contributed by atoms with Gasteiger partial charge in [-0.15, -0.1) is 0 Å². The van der Waals surface area contributed by atoms with Gasteiger partial charge in [0.15, 0.2) is 0 Å². The Balaban J connectivity index is 2.26. The first-order valence-electron chi connectivity index (χ1n) is 8.84. The summed E-state index contributed by atoms with van der Waals surface area (Å²) in [6.07, 6.45) is 1.62. The van der Waals surface area contributed by atoms with E-state index in [0.29, 0.717) is 56.1 Å². The standard InChI is InChI=1S/C19H30N2O4/c1-19(2)12-14(22)7-9-21(13-19)18(23)16-11-15(24-3)5-6-17(16)25-10-4-8-20/h5-6,11,14,22H,4,7-10,12-13,20H2,1-3H3/t14-/m1/s1. The maximum absolute atomic E-state index is 13.2. The van der Waals surface area contributed by atoms with E-state index in [-0.39, 0.29) is 17.4 Å². The van der Waals surface area contributed by atoms with E-state index in [1.54, 1.807) is 30.2 Å². The second kappa shape index (κ2) is 8.54. The molecule has 0 aliphatic carbocycles. The van der Waals surface area contributed by atoms with Gasteiger partial charge in [0.25, 0.3) is 5.91 Å². The minimum atomic E-state index is -0.376. The van der Waals surface area contributed by atoms with Crippen LogP contribution in [0.25, 0.3) is 0 Å². The highest BCUT2D eigenvalue weighted by Gasteiger charge is 2.32. The van der Waals surface area contributed by atoms with Gasteiger partial charge in [0, 0.05) is 13.1 Å². The van der Waals surface area contributed by atoms with Crippen LogP contribution in [0.1, 0.15) is 43.5 Å². The molecule has 1 amide bonds. The molecule has 1 atom stereocenters. The van der Waals surface area contributed by atoms with E-state index in [0.717, 1.165) is 6.42 Å². The van der Waals surface area contributed by atoms with Crippen molar-refractivity contribution >= 4 is 5.91 Å². The smallest absolute Gasteiger partial charge is 0.257 e. The Morgan fingerprint density at radius 2 is 2.20 bits per heavy atom. The first-order chi connectivity index (χ1) is 11.9. The van der Waals surface area contributed by atoms with Crippen molar-refractivity contribution in [3.63, 3.8) is 0 Å². The Labute approximate surface area is 149 Å². The molecule has 0 unspecified atom stereocenters. The van der Waals surface area contributed by atoms with Gasteiger partial charge in [-0.05, 0) is 49.4 Å². The quantitative estimate of drug-likeness (QED) is 0.767. The van der Waals surface area contributed by atoms with Crippen molar-refractivity contribution in [1.82, 2.24) is 4.90 Å². The summed E-state index contributed by atoms with van der Waals surface area (Å²) < 4.78 is 11.0. The van der Waals surface area contributed by atoms with Gasteiger partial charge >= 0.3 is 0 Å². The van der Waals surface area contributed by atoms with Gasteiger partial charge in [0.2, 0.25) is 0 Å². The van der Waals surface area contributed by atoms with Crippen LogP contribution in [0.5, 0.6) is 11.5 Å². The average molecular weight is 350 g/mol. The van der Waals surface area contributed by atoms with Crippen LogP contribution in [0.2, 0.25) is 0 Å². The van der Waals surface area contributed by atoms with Crippen molar-refractivity contribution in [3.8, 4) is 11.5 Å². The second-order valence-corrected chi connectivity index (χ2v) is 7.39. The second-order valence-electron chi connectivity index (χ2n) is 7.39. The van der Waals surface area contributed by atoms with Crippen molar-refractivity contribution < 1.29 is 19.4 Å². The van der Waals surface area contributed by atoms with Crippen LogP contribution in [0.4, 0.5) is 0 Å². The highest BCUT2D eigenvalue weighted by molar-refractivity contribution is 5.97. The van der Waals surface area contributed by atoms with E-state index in [9.17, 15) is 9.90 Å². The van der Waals surface area contributed by atoms with Gasteiger partial charge in [-0.3, -0.25) is 4.79 Å². The molecule has 0 saturated carbocycles. The number of aliphatic hydroxyl groups excluding tert-OH is 1. The fourth-order valence-electron chi connectivity index (χ4n) is 3.24. The molecule has 1 saturated heterocycles. The Kier molecular flexibility index (Phi) is 6.67. The molecule has 1 aliphatic rings. The van der Waals surface area contributed by atoms with Crippen molar-refractivity contribution in [1.29, 1.82) is 0 Å². The number of rotatable bonds is 6. The van der Waals surface area contributed by atoms with Crippen molar-refractivity contribution in [3.05, 3.63) is 23.8 Å². The minimum absolute atomic E-state index is 0.0937. The number of carbonyl (C=O) groups excluding carboxylic acids is 1. The third-order valence-corrected chi connectivity index (χ3v) is 4.45. The molecule has 6 nitrogen and oxygen atoms in total. The van der Waals surface area contributed by atoms with E-state index in [4.69, 9.17) is 15.2 Å². The molecule has 6 heteroatoms. The normalized spacial score (nSPS) is 20.0. The molecule has 0 radical (unpaired) electrons. The molecule has 1 aromatic carbocycles. The monoisotopic (exact) mass is 350 g/mol. The molecule has 140 valence electrons. The van der Waals surface area contributed by atoms with E-state index in [1.165, 1.54) is 0 Å². The molecule has 1 aliphatic heterocycles. The maximum atomic E-state index is 13.2. The largest absolute Gasteiger partial charge is 0.497 e. The number of methoxy groups -OCH3 is 1. The Bertz CT molecular complexity index is 589. The van der Waals surface area contributed by atoms with Crippen LogP contribution in [0.15, 0.2) is 18.2 Å². The predicted molar refractivity (Wildman–Crippen MR) is 97.1 cm³/mol. The van der Waals surface area contributed by atoms with Gasteiger partial charge in [-0.1, -0.05) is 13.8 Å². The summed E-state index contributed by atoms with van der Waals surface area (Å²) in [7, 11) is 1.57. The molecule has 25 heavy (non-hydrogen) atoms. The predicted octanol–water partition coefficient (Wildman–Crippen LogP) is 2.05. The number of amides is 1. The Hall–Kier alpha value is -1.79. The lowest BCUT2D eigenvalue weighted by atomic mass is 9.87. The molecular weight excluding hydrogens is 320 g/mol. The maximum Gasteiger partial charge on any atom is 0.257 e. The lowest BCUT2D eigenvalue weighted by Gasteiger charge is -2.30. The summed E-state index contributed by atoms with van der Waals surface area (Å²) in [4.78, 5) is 15.0. The van der Waals surface area contributed by atoms with Crippen LogP contribution in [0, 0.1) is 5.41 Å². The topological polar surface area (TPSA) is 85.0 Å². The fourth-order valence-corrected chi connectivity index (χ4v) is 3.24. The molecule has 0 spiro atoms. The number of benzene rings is 1. The summed E-state index contributed by atoms with van der Waals surface area (Å²) in [6.45, 7) is 6.29. The van der Waals surface area contributed by atoms with Crippen LogP contribution < -0.4 is 15.2 Å². The number of hydrogen-bond donors (Lipinski definition) is 2. The van der Waals surface area contributed by atoms with Gasteiger partial charge in [0.1, 0.15) is 11.5 Å². The SMILES string of the molecule is COc1ccc(OCCCN)c(C(=O)N2CC[C@@H](O)CC(C)(C)C2)c1. The van der Waals surface area contributed by atoms with Crippen molar-refractivity contribution in [2.75, 3.05) is 33.4 Å². The number of hydrogen-bond acceptors (Lipinski definition) is 5. The third-order valence-electron chi connectivity index (χ3n) is 4.45. The van der Waals surface area contributed by atoms with E-state index in [1.807, 2.05) is 0 Å². The summed E-state index contributed by atoms with van der Waals surface area (Å²) in [5, 5.41) is 10.1. The van der Waals surface area contributed by atoms with Crippen LogP contribution >= 0.6 is 0 Å². The number of aliphatic hydroxyl groups is 1. The zero-order chi connectivity index (χ0) is 18.4. The molecule has 3 N–H and O–H groups in total. The molecular formula is C19H30N2O4. The lowest BCUT2D eigenvalue weighted by molar-refractivity contribution is 0.0700. The first kappa shape index (κ1) is 19.5. The average Bonchev–Trinajstić information content (AvgIpc) is 2.71. The van der Waals surface area contributed by atoms with Gasteiger partial charge in [-0.2, -0.15) is 0 Å². The lowest BCUT2D eigenvalue weighted by Crippen LogP contribution is -2.37. The van der Waals surface area contributed by atoms with E-state index >= 15 is 0 Å². The zero-order valence-corrected chi connectivity index (χ0v) is 15.5. The molecule has 1 heterocycles. The Morgan fingerprint density at radius 1 is 1.44 bits per heavy atom. The van der Waals surface area contributed by atoms with Gasteiger partial charge in [0.05, 0.1) is 25.4 Å². The third kappa shape index (κ3) is 5.34. The highest BCUT2D eigenvalue weighted by atomic mass is 16.5. The molecule has 0 aromatic heterocycles. The Morgan fingerprint density at radius 3 is 2.88 bits per heavy atom. The number of likely N-dealkylation sites (tertiary alicyclic amines) is 1. The number of ether oxygens (including phenoxy) is 2. The summed E-state index contributed by atoms with van der Waals surface area (Å²) in [6, 6.07) is 5.26. The fraction of sp³-hybridized carbons (Fsp3) is 0.632. The van der Waals surface area contributed by atoms with Crippen molar-refractivity contribution in [2.45, 2.75) is 39.2 Å². The summed E-state index contributed by atoms with van der Waals surface area (Å²) >= 11 is 0. The molecule has 1 fully saturated rings. The number of nitrogens with two attached hydrogens (primary N) is 1. The number of carbonyl (C=O) groups is 1. The molecule has 1 aromatic rings.